The van der Waals surface area contributed by atoms with E-state index in [2.05, 4.69) is 4.72 Å². The Morgan fingerprint density at radius 3 is 2.23 bits per heavy atom. The molecule has 0 saturated heterocycles. The number of anilines is 1. The Hall–Kier alpha value is -1.73. The van der Waals surface area contributed by atoms with Gasteiger partial charge < -0.3 is 9.52 Å². The van der Waals surface area contributed by atoms with Gasteiger partial charge >= 0.3 is 0 Å². The highest BCUT2D eigenvalue weighted by molar-refractivity contribution is 7.93. The zero-order valence-corrected chi connectivity index (χ0v) is 16.6. The first-order chi connectivity index (χ1) is 12.0. The Bertz CT molecular complexity index is 1080. The molecule has 0 spiro atoms. The maximum Gasteiger partial charge on any atom is 0.264 e. The van der Waals surface area contributed by atoms with Gasteiger partial charge in [-0.25, -0.2) is 8.42 Å². The van der Waals surface area contributed by atoms with Crippen LogP contribution in [0, 0.1) is 6.92 Å². The van der Waals surface area contributed by atoms with Crippen molar-refractivity contribution in [2.45, 2.75) is 31.3 Å². The number of furan rings is 1. The van der Waals surface area contributed by atoms with Crippen molar-refractivity contribution in [3.63, 3.8) is 0 Å². The fraction of sp³-hybridized carbons (Fsp3) is 0.222. The molecule has 1 heterocycles. The van der Waals surface area contributed by atoms with Crippen LogP contribution < -0.4 is 4.72 Å². The van der Waals surface area contributed by atoms with Gasteiger partial charge in [-0.1, -0.05) is 41.4 Å². The molecule has 5 nitrogen and oxygen atoms in total. The molecule has 0 atom stereocenters. The van der Waals surface area contributed by atoms with Crippen LogP contribution in [-0.4, -0.2) is 13.5 Å². The third kappa shape index (κ3) is 3.30. The Kier molecular flexibility index (Phi) is 4.73. The Balaban J connectivity index is 2.16. The molecule has 0 fully saturated rings. The van der Waals surface area contributed by atoms with E-state index in [9.17, 15) is 13.5 Å². The van der Waals surface area contributed by atoms with Crippen molar-refractivity contribution >= 4 is 49.9 Å². The summed E-state index contributed by atoms with van der Waals surface area (Å²) in [5.41, 5.74) is 0.0223. The molecule has 2 N–H and O–H groups in total. The summed E-state index contributed by atoms with van der Waals surface area (Å²) in [6.45, 7) is 5.01. The number of hydrogen-bond donors (Lipinski definition) is 2. The van der Waals surface area contributed by atoms with Crippen LogP contribution in [0.1, 0.15) is 25.2 Å². The van der Waals surface area contributed by atoms with E-state index >= 15 is 0 Å². The topological polar surface area (TPSA) is 79.5 Å². The molecule has 0 amide bonds. The quantitative estimate of drug-likeness (QED) is 0.624. The van der Waals surface area contributed by atoms with E-state index in [0.717, 1.165) is 0 Å². The summed E-state index contributed by atoms with van der Waals surface area (Å²) in [5.74, 6) is 0.509. The molecule has 2 aromatic carbocycles. The Morgan fingerprint density at radius 2 is 1.65 bits per heavy atom. The number of halogens is 2. The highest BCUT2D eigenvalue weighted by Gasteiger charge is 2.28. The minimum absolute atomic E-state index is 0.0185. The standard InChI is InChI=1S/C18H17Cl2NO4S/c1-10-15(18(2,3)22)11-6-4-9-14(16(11)25-10)21-26(23,24)17-12(19)7-5-8-13(17)20/h4-9,21-22H,1-3H3. The number of nitrogens with one attached hydrogen (secondary N) is 1. The van der Waals surface area contributed by atoms with Gasteiger partial charge in [0.1, 0.15) is 10.7 Å². The van der Waals surface area contributed by atoms with Crippen molar-refractivity contribution in [1.29, 1.82) is 0 Å². The summed E-state index contributed by atoms with van der Waals surface area (Å²) >= 11 is 12.1. The first kappa shape index (κ1) is 19.0. The van der Waals surface area contributed by atoms with Gasteiger partial charge in [0.15, 0.2) is 5.58 Å². The smallest absolute Gasteiger partial charge is 0.264 e. The monoisotopic (exact) mass is 413 g/mol. The highest BCUT2D eigenvalue weighted by atomic mass is 35.5. The van der Waals surface area contributed by atoms with E-state index in [1.807, 2.05) is 0 Å². The molecular weight excluding hydrogens is 397 g/mol. The molecule has 0 bridgehead atoms. The minimum atomic E-state index is -4.04. The lowest BCUT2D eigenvalue weighted by Crippen LogP contribution is -2.16. The lowest BCUT2D eigenvalue weighted by molar-refractivity contribution is 0.0783. The van der Waals surface area contributed by atoms with Gasteiger partial charge in [-0.05, 0) is 39.0 Å². The molecule has 0 saturated carbocycles. The zero-order valence-electron chi connectivity index (χ0n) is 14.3. The van der Waals surface area contributed by atoms with Crippen molar-refractivity contribution in [2.24, 2.45) is 0 Å². The van der Waals surface area contributed by atoms with Gasteiger partial charge in [0.05, 0.1) is 21.3 Å². The van der Waals surface area contributed by atoms with Gasteiger partial charge in [0.25, 0.3) is 10.0 Å². The van der Waals surface area contributed by atoms with E-state index in [-0.39, 0.29) is 20.6 Å². The summed E-state index contributed by atoms with van der Waals surface area (Å²) in [5, 5.41) is 11.1. The second kappa shape index (κ2) is 6.46. The molecule has 1 aromatic heterocycles. The second-order valence-electron chi connectivity index (χ2n) is 6.43. The van der Waals surface area contributed by atoms with Crippen LogP contribution in [0.5, 0.6) is 0 Å². The fourth-order valence-electron chi connectivity index (χ4n) is 3.01. The number of rotatable bonds is 4. The molecule has 26 heavy (non-hydrogen) atoms. The molecule has 8 heteroatoms. The molecule has 0 aliphatic rings. The van der Waals surface area contributed by atoms with Crippen LogP contribution in [0.4, 0.5) is 5.69 Å². The van der Waals surface area contributed by atoms with Crippen LogP contribution in [-0.2, 0) is 15.6 Å². The first-order valence-electron chi connectivity index (χ1n) is 7.74. The zero-order chi connectivity index (χ0) is 19.3. The predicted octanol–water partition coefficient (Wildman–Crippen LogP) is 5.08. The molecule has 0 aliphatic carbocycles. The first-order valence-corrected chi connectivity index (χ1v) is 9.98. The van der Waals surface area contributed by atoms with Crippen molar-refractivity contribution in [1.82, 2.24) is 0 Å². The fourth-order valence-corrected chi connectivity index (χ4v) is 5.22. The number of sulfonamides is 1. The molecule has 0 radical (unpaired) electrons. The van der Waals surface area contributed by atoms with E-state index in [0.29, 0.717) is 22.3 Å². The summed E-state index contributed by atoms with van der Waals surface area (Å²) in [6, 6.07) is 9.48. The van der Waals surface area contributed by atoms with Crippen LogP contribution in [0.2, 0.25) is 10.0 Å². The van der Waals surface area contributed by atoms with Gasteiger partial charge in [-0.15, -0.1) is 0 Å². The lowest BCUT2D eigenvalue weighted by Gasteiger charge is -2.17. The van der Waals surface area contributed by atoms with Crippen molar-refractivity contribution < 1.29 is 17.9 Å². The van der Waals surface area contributed by atoms with Crippen molar-refractivity contribution in [3.8, 4) is 0 Å². The summed E-state index contributed by atoms with van der Waals surface area (Å²) in [4.78, 5) is -0.202. The van der Waals surface area contributed by atoms with E-state index in [4.69, 9.17) is 27.6 Å². The van der Waals surface area contributed by atoms with Gasteiger partial charge in [0, 0.05) is 10.9 Å². The number of aryl methyl sites for hydroxylation is 1. The number of para-hydroxylation sites is 1. The number of aliphatic hydroxyl groups is 1. The normalized spacial score (nSPS) is 12.5. The maximum absolute atomic E-state index is 12.8. The Morgan fingerprint density at radius 1 is 1.08 bits per heavy atom. The molecule has 0 aliphatic heterocycles. The highest BCUT2D eigenvalue weighted by Crippen LogP contribution is 2.38. The maximum atomic E-state index is 12.8. The van der Waals surface area contributed by atoms with Crippen molar-refractivity contribution in [2.75, 3.05) is 4.72 Å². The average Bonchev–Trinajstić information content (AvgIpc) is 2.83. The average molecular weight is 414 g/mol. The minimum Gasteiger partial charge on any atom is -0.459 e. The van der Waals surface area contributed by atoms with Crippen LogP contribution >= 0.6 is 23.2 Å². The molecular formula is C18H17Cl2NO4S. The third-order valence-corrected chi connectivity index (χ3v) is 6.26. The van der Waals surface area contributed by atoms with E-state index < -0.39 is 15.6 Å². The van der Waals surface area contributed by atoms with Crippen molar-refractivity contribution in [3.05, 3.63) is 57.8 Å². The summed E-state index contributed by atoms with van der Waals surface area (Å²) in [6.07, 6.45) is 0. The number of fused-ring (bicyclic) bond motifs is 1. The second-order valence-corrected chi connectivity index (χ2v) is 8.86. The van der Waals surface area contributed by atoms with E-state index in [1.165, 1.54) is 12.1 Å². The SMILES string of the molecule is Cc1oc2c(NS(=O)(=O)c3c(Cl)cccc3Cl)cccc2c1C(C)(C)O. The van der Waals surface area contributed by atoms with Gasteiger partial charge in [0.2, 0.25) is 0 Å². The predicted molar refractivity (Wildman–Crippen MR) is 103 cm³/mol. The lowest BCUT2D eigenvalue weighted by atomic mass is 9.95. The van der Waals surface area contributed by atoms with Gasteiger partial charge in [-0.3, -0.25) is 4.72 Å². The number of hydrogen-bond acceptors (Lipinski definition) is 4. The van der Waals surface area contributed by atoms with Crippen LogP contribution in [0.15, 0.2) is 45.7 Å². The largest absolute Gasteiger partial charge is 0.459 e. The Labute approximate surface area is 161 Å². The molecule has 0 unspecified atom stereocenters. The summed E-state index contributed by atoms with van der Waals surface area (Å²) < 4.78 is 33.8. The van der Waals surface area contributed by atoms with Crippen LogP contribution in [0.3, 0.4) is 0 Å². The summed E-state index contributed by atoms with van der Waals surface area (Å²) in [7, 11) is -4.04. The molecule has 3 aromatic rings. The van der Waals surface area contributed by atoms with Crippen LogP contribution in [0.25, 0.3) is 11.0 Å². The number of benzene rings is 2. The van der Waals surface area contributed by atoms with E-state index in [1.54, 1.807) is 45.0 Å². The van der Waals surface area contributed by atoms with Gasteiger partial charge in [-0.2, -0.15) is 0 Å². The molecule has 138 valence electrons. The molecule has 3 rings (SSSR count). The third-order valence-electron chi connectivity index (χ3n) is 3.94.